The molecule has 0 spiro atoms. The molecule has 1 aliphatic heterocycles. The van der Waals surface area contributed by atoms with E-state index in [1.807, 2.05) is 11.8 Å². The van der Waals surface area contributed by atoms with Crippen LogP contribution in [0.1, 0.15) is 33.6 Å². The second-order valence-corrected chi connectivity index (χ2v) is 4.24. The molecule has 0 unspecified atom stereocenters. The largest absolute Gasteiger partial charge is 0.336 e. The molecule has 0 aromatic heterocycles. The van der Waals surface area contributed by atoms with Gasteiger partial charge in [-0.15, -0.1) is 0 Å². The van der Waals surface area contributed by atoms with Crippen LogP contribution >= 0.6 is 0 Å². The van der Waals surface area contributed by atoms with Crippen LogP contribution < -0.4 is 5.32 Å². The van der Waals surface area contributed by atoms with E-state index >= 15 is 0 Å². The van der Waals surface area contributed by atoms with E-state index in [0.29, 0.717) is 6.42 Å². The standard InChI is InChI=1S/C10H20N2O/c1-4-9(13)12-7-5-6-11-8-10(12,2)3/h11H,4-8H2,1-3H3. The third kappa shape index (κ3) is 2.44. The minimum absolute atomic E-state index is 0.0242. The van der Waals surface area contributed by atoms with Crippen LogP contribution in [0.15, 0.2) is 0 Å². The molecule has 0 aromatic carbocycles. The fourth-order valence-electron chi connectivity index (χ4n) is 1.81. The van der Waals surface area contributed by atoms with Gasteiger partial charge in [0, 0.05) is 25.0 Å². The van der Waals surface area contributed by atoms with Crippen LogP contribution in [-0.4, -0.2) is 36.0 Å². The van der Waals surface area contributed by atoms with Crippen LogP contribution in [0.5, 0.6) is 0 Å². The summed E-state index contributed by atoms with van der Waals surface area (Å²) in [5.74, 6) is 0.272. The van der Waals surface area contributed by atoms with Crippen LogP contribution in [0, 0.1) is 0 Å². The number of amides is 1. The summed E-state index contributed by atoms with van der Waals surface area (Å²) in [5.41, 5.74) is -0.0242. The summed E-state index contributed by atoms with van der Waals surface area (Å²) in [4.78, 5) is 13.6. The average molecular weight is 184 g/mol. The van der Waals surface area contributed by atoms with Gasteiger partial charge in [0.2, 0.25) is 5.91 Å². The van der Waals surface area contributed by atoms with Gasteiger partial charge in [0.1, 0.15) is 0 Å². The summed E-state index contributed by atoms with van der Waals surface area (Å²) < 4.78 is 0. The van der Waals surface area contributed by atoms with Crippen molar-refractivity contribution in [1.82, 2.24) is 10.2 Å². The summed E-state index contributed by atoms with van der Waals surface area (Å²) in [7, 11) is 0. The van der Waals surface area contributed by atoms with Gasteiger partial charge in [0.15, 0.2) is 0 Å². The van der Waals surface area contributed by atoms with E-state index in [9.17, 15) is 4.79 Å². The second-order valence-electron chi connectivity index (χ2n) is 4.24. The number of carbonyl (C=O) groups excluding carboxylic acids is 1. The maximum atomic E-state index is 11.6. The van der Waals surface area contributed by atoms with Crippen molar-refractivity contribution in [3.63, 3.8) is 0 Å². The van der Waals surface area contributed by atoms with Crippen molar-refractivity contribution in [3.8, 4) is 0 Å². The highest BCUT2D eigenvalue weighted by Gasteiger charge is 2.30. The first-order chi connectivity index (χ1) is 6.08. The molecule has 0 saturated carbocycles. The molecule has 3 heteroatoms. The van der Waals surface area contributed by atoms with Gasteiger partial charge in [-0.25, -0.2) is 0 Å². The first kappa shape index (κ1) is 10.5. The summed E-state index contributed by atoms with van der Waals surface area (Å²) in [5, 5.41) is 3.35. The second kappa shape index (κ2) is 4.09. The van der Waals surface area contributed by atoms with Crippen molar-refractivity contribution in [2.75, 3.05) is 19.6 Å². The summed E-state index contributed by atoms with van der Waals surface area (Å²) in [6, 6.07) is 0. The predicted octanol–water partition coefficient (Wildman–Crippen LogP) is 0.997. The van der Waals surface area contributed by atoms with Gasteiger partial charge in [0.25, 0.3) is 0 Å². The van der Waals surface area contributed by atoms with Gasteiger partial charge in [-0.05, 0) is 26.8 Å². The molecular weight excluding hydrogens is 164 g/mol. The first-order valence-electron chi connectivity index (χ1n) is 5.09. The lowest BCUT2D eigenvalue weighted by atomic mass is 10.0. The molecule has 13 heavy (non-hydrogen) atoms. The summed E-state index contributed by atoms with van der Waals surface area (Å²) in [6.45, 7) is 9.00. The number of nitrogens with zero attached hydrogens (tertiary/aromatic N) is 1. The van der Waals surface area contributed by atoms with E-state index in [-0.39, 0.29) is 11.4 Å². The van der Waals surface area contributed by atoms with E-state index in [1.165, 1.54) is 0 Å². The fraction of sp³-hybridized carbons (Fsp3) is 0.900. The van der Waals surface area contributed by atoms with Crippen LogP contribution in [0.25, 0.3) is 0 Å². The number of nitrogens with one attached hydrogen (secondary N) is 1. The Hall–Kier alpha value is -0.570. The third-order valence-corrected chi connectivity index (χ3v) is 2.63. The lowest BCUT2D eigenvalue weighted by molar-refractivity contribution is -0.135. The van der Waals surface area contributed by atoms with Crippen molar-refractivity contribution in [2.45, 2.75) is 39.2 Å². The third-order valence-electron chi connectivity index (χ3n) is 2.63. The maximum absolute atomic E-state index is 11.6. The highest BCUT2D eigenvalue weighted by molar-refractivity contribution is 5.76. The quantitative estimate of drug-likeness (QED) is 0.659. The Morgan fingerprint density at radius 2 is 2.23 bits per heavy atom. The van der Waals surface area contributed by atoms with Gasteiger partial charge in [-0.3, -0.25) is 4.79 Å². The normalized spacial score (nSPS) is 22.5. The number of rotatable bonds is 1. The van der Waals surface area contributed by atoms with Crippen LogP contribution in [0.4, 0.5) is 0 Å². The average Bonchev–Trinajstić information content (AvgIpc) is 2.25. The topological polar surface area (TPSA) is 32.3 Å². The van der Waals surface area contributed by atoms with E-state index in [0.717, 1.165) is 26.1 Å². The highest BCUT2D eigenvalue weighted by Crippen LogP contribution is 2.17. The van der Waals surface area contributed by atoms with Gasteiger partial charge in [-0.2, -0.15) is 0 Å². The Morgan fingerprint density at radius 3 is 2.85 bits per heavy atom. The van der Waals surface area contributed by atoms with Crippen LogP contribution in [0.3, 0.4) is 0 Å². The molecule has 0 bridgehead atoms. The molecule has 0 radical (unpaired) electrons. The molecule has 1 heterocycles. The SMILES string of the molecule is CCC(=O)N1CCCNCC1(C)C. The Labute approximate surface area is 80.5 Å². The van der Waals surface area contributed by atoms with E-state index < -0.39 is 0 Å². The Kier molecular flexibility index (Phi) is 3.31. The molecule has 3 nitrogen and oxygen atoms in total. The minimum atomic E-state index is -0.0242. The molecule has 0 aromatic rings. The molecule has 1 N–H and O–H groups in total. The van der Waals surface area contributed by atoms with Gasteiger partial charge in [0.05, 0.1) is 0 Å². The summed E-state index contributed by atoms with van der Waals surface area (Å²) in [6.07, 6.45) is 1.68. The number of carbonyl (C=O) groups is 1. The highest BCUT2D eigenvalue weighted by atomic mass is 16.2. The fourth-order valence-corrected chi connectivity index (χ4v) is 1.81. The van der Waals surface area contributed by atoms with E-state index in [1.54, 1.807) is 0 Å². The smallest absolute Gasteiger partial charge is 0.222 e. The van der Waals surface area contributed by atoms with E-state index in [2.05, 4.69) is 19.2 Å². The monoisotopic (exact) mass is 184 g/mol. The van der Waals surface area contributed by atoms with Crippen molar-refractivity contribution in [3.05, 3.63) is 0 Å². The van der Waals surface area contributed by atoms with Crippen molar-refractivity contribution >= 4 is 5.91 Å². The minimum Gasteiger partial charge on any atom is -0.336 e. The molecule has 0 aliphatic carbocycles. The Morgan fingerprint density at radius 1 is 1.54 bits per heavy atom. The van der Waals surface area contributed by atoms with Crippen molar-refractivity contribution < 1.29 is 4.79 Å². The lowest BCUT2D eigenvalue weighted by Gasteiger charge is -2.36. The Balaban J connectivity index is 2.71. The number of hydrogen-bond donors (Lipinski definition) is 1. The zero-order valence-electron chi connectivity index (χ0n) is 8.89. The van der Waals surface area contributed by atoms with Crippen molar-refractivity contribution in [1.29, 1.82) is 0 Å². The van der Waals surface area contributed by atoms with Gasteiger partial charge < -0.3 is 10.2 Å². The molecule has 1 aliphatic rings. The zero-order chi connectivity index (χ0) is 9.90. The zero-order valence-corrected chi connectivity index (χ0v) is 8.89. The van der Waals surface area contributed by atoms with Crippen LogP contribution in [0.2, 0.25) is 0 Å². The molecule has 0 atom stereocenters. The Bertz CT molecular complexity index is 189. The maximum Gasteiger partial charge on any atom is 0.222 e. The van der Waals surface area contributed by atoms with Crippen LogP contribution in [-0.2, 0) is 4.79 Å². The molecule has 76 valence electrons. The van der Waals surface area contributed by atoms with Crippen molar-refractivity contribution in [2.24, 2.45) is 0 Å². The van der Waals surface area contributed by atoms with Gasteiger partial charge >= 0.3 is 0 Å². The van der Waals surface area contributed by atoms with Gasteiger partial charge in [-0.1, -0.05) is 6.92 Å². The molecule has 1 amide bonds. The molecule has 1 saturated heterocycles. The molecule has 1 fully saturated rings. The lowest BCUT2D eigenvalue weighted by Crippen LogP contribution is -2.51. The molecule has 1 rings (SSSR count). The number of hydrogen-bond acceptors (Lipinski definition) is 2. The summed E-state index contributed by atoms with van der Waals surface area (Å²) >= 11 is 0. The van der Waals surface area contributed by atoms with E-state index in [4.69, 9.17) is 0 Å². The predicted molar refractivity (Wildman–Crippen MR) is 53.6 cm³/mol. The molecular formula is C10H20N2O. The first-order valence-corrected chi connectivity index (χ1v) is 5.09.